The molecule has 1 saturated heterocycles. The van der Waals surface area contributed by atoms with Gasteiger partial charge in [0.2, 0.25) is 15.9 Å². The number of hydrogen-bond acceptors (Lipinski definition) is 3. The second-order valence-corrected chi connectivity index (χ2v) is 9.21. The summed E-state index contributed by atoms with van der Waals surface area (Å²) in [6.45, 7) is 7.11. The van der Waals surface area contributed by atoms with E-state index in [1.165, 1.54) is 17.1 Å². The van der Waals surface area contributed by atoms with Crippen LogP contribution < -0.4 is 5.32 Å². The number of piperidine rings is 1. The first-order chi connectivity index (χ1) is 10.3. The number of nitrogens with zero attached hydrogens (tertiary/aromatic N) is 1. The molecular weight excluding hydrogens is 300 g/mol. The Hall–Kier alpha value is -0.620. The second kappa shape index (κ2) is 7.30. The van der Waals surface area contributed by atoms with Crippen molar-refractivity contribution in [2.45, 2.75) is 58.9 Å². The molecule has 5 nitrogen and oxygen atoms in total. The lowest BCUT2D eigenvalue weighted by Gasteiger charge is -2.36. The highest BCUT2D eigenvalue weighted by molar-refractivity contribution is 7.89. The fourth-order valence-corrected chi connectivity index (χ4v) is 4.80. The summed E-state index contributed by atoms with van der Waals surface area (Å²) < 4.78 is 25.2. The highest BCUT2D eigenvalue weighted by atomic mass is 32.2. The van der Waals surface area contributed by atoms with Crippen molar-refractivity contribution >= 4 is 15.9 Å². The van der Waals surface area contributed by atoms with E-state index in [1.54, 1.807) is 6.92 Å². The van der Waals surface area contributed by atoms with E-state index >= 15 is 0 Å². The van der Waals surface area contributed by atoms with Gasteiger partial charge in [0.25, 0.3) is 0 Å². The molecule has 22 heavy (non-hydrogen) atoms. The van der Waals surface area contributed by atoms with Crippen molar-refractivity contribution in [2.24, 2.45) is 17.8 Å². The van der Waals surface area contributed by atoms with Gasteiger partial charge in [0.05, 0.1) is 5.75 Å². The van der Waals surface area contributed by atoms with Gasteiger partial charge in [-0.05, 0) is 38.0 Å². The number of carbonyl (C=O) groups is 1. The Morgan fingerprint density at radius 3 is 2.36 bits per heavy atom. The summed E-state index contributed by atoms with van der Waals surface area (Å²) in [4.78, 5) is 12.5. The molecule has 3 unspecified atom stereocenters. The molecule has 2 rings (SSSR count). The van der Waals surface area contributed by atoms with Crippen LogP contribution in [0, 0.1) is 17.8 Å². The predicted octanol–water partition coefficient (Wildman–Crippen LogP) is 1.99. The summed E-state index contributed by atoms with van der Waals surface area (Å²) in [6, 6.07) is 0.286. The van der Waals surface area contributed by atoms with Crippen LogP contribution >= 0.6 is 0 Å². The Balaban J connectivity index is 1.85. The summed E-state index contributed by atoms with van der Waals surface area (Å²) in [6.07, 6.45) is 4.79. The summed E-state index contributed by atoms with van der Waals surface area (Å²) in [5, 5.41) is 3.23. The van der Waals surface area contributed by atoms with Crippen LogP contribution in [0.2, 0.25) is 0 Å². The van der Waals surface area contributed by atoms with Crippen LogP contribution in [0.3, 0.4) is 0 Å². The van der Waals surface area contributed by atoms with E-state index < -0.39 is 10.0 Å². The molecule has 2 fully saturated rings. The van der Waals surface area contributed by atoms with Crippen molar-refractivity contribution in [3.63, 3.8) is 0 Å². The number of nitrogens with one attached hydrogen (secondary N) is 1. The van der Waals surface area contributed by atoms with Crippen molar-refractivity contribution in [1.29, 1.82) is 0 Å². The molecule has 1 N–H and O–H groups in total. The fraction of sp³-hybridized carbons (Fsp3) is 0.938. The zero-order valence-corrected chi connectivity index (χ0v) is 14.9. The molecule has 128 valence electrons. The minimum absolute atomic E-state index is 0.0345. The zero-order valence-electron chi connectivity index (χ0n) is 14.0. The minimum atomic E-state index is -3.11. The quantitative estimate of drug-likeness (QED) is 0.857. The maximum absolute atomic E-state index is 12.5. The molecule has 0 aromatic heterocycles. The average molecular weight is 330 g/mol. The molecule has 0 aromatic rings. The van der Waals surface area contributed by atoms with Crippen LogP contribution in [0.4, 0.5) is 0 Å². The lowest BCUT2D eigenvalue weighted by Crippen LogP contribution is -2.48. The van der Waals surface area contributed by atoms with Gasteiger partial charge in [0.15, 0.2) is 0 Å². The molecule has 0 aromatic carbocycles. The van der Waals surface area contributed by atoms with Gasteiger partial charge >= 0.3 is 0 Å². The van der Waals surface area contributed by atoms with Crippen molar-refractivity contribution < 1.29 is 13.2 Å². The zero-order chi connectivity index (χ0) is 16.3. The third-order valence-electron chi connectivity index (χ3n) is 5.62. The molecule has 1 aliphatic heterocycles. The molecular formula is C16H30N2O3S. The van der Waals surface area contributed by atoms with Crippen LogP contribution in [-0.4, -0.2) is 43.5 Å². The summed E-state index contributed by atoms with van der Waals surface area (Å²) in [5.74, 6) is 1.42. The summed E-state index contributed by atoms with van der Waals surface area (Å²) >= 11 is 0. The molecule has 0 radical (unpaired) electrons. The molecule has 1 heterocycles. The maximum atomic E-state index is 12.5. The number of hydrogen-bond donors (Lipinski definition) is 1. The first kappa shape index (κ1) is 17.7. The molecule has 3 atom stereocenters. The van der Waals surface area contributed by atoms with Gasteiger partial charge in [-0.15, -0.1) is 0 Å². The van der Waals surface area contributed by atoms with E-state index in [0.717, 1.165) is 6.42 Å². The van der Waals surface area contributed by atoms with E-state index in [4.69, 9.17) is 0 Å². The Kier molecular flexibility index (Phi) is 5.88. The Labute approximate surface area is 134 Å². The highest BCUT2D eigenvalue weighted by Crippen LogP contribution is 2.30. The lowest BCUT2D eigenvalue weighted by atomic mass is 9.78. The second-order valence-electron chi connectivity index (χ2n) is 6.96. The first-order valence-corrected chi connectivity index (χ1v) is 10.2. The van der Waals surface area contributed by atoms with Gasteiger partial charge in [-0.1, -0.05) is 26.7 Å². The molecule has 0 spiro atoms. The van der Waals surface area contributed by atoms with Gasteiger partial charge in [-0.3, -0.25) is 4.79 Å². The van der Waals surface area contributed by atoms with E-state index in [1.807, 2.05) is 0 Å². The van der Waals surface area contributed by atoms with Gasteiger partial charge in [-0.25, -0.2) is 12.7 Å². The van der Waals surface area contributed by atoms with Crippen molar-refractivity contribution in [1.82, 2.24) is 9.62 Å². The molecule has 1 amide bonds. The number of amides is 1. The minimum Gasteiger partial charge on any atom is -0.353 e. The Bertz CT molecular complexity index is 484. The van der Waals surface area contributed by atoms with Crippen molar-refractivity contribution in [3.05, 3.63) is 0 Å². The van der Waals surface area contributed by atoms with Crippen LogP contribution in [0.15, 0.2) is 0 Å². The normalized spacial score (nSPS) is 31.9. The first-order valence-electron chi connectivity index (χ1n) is 8.63. The Morgan fingerprint density at radius 1 is 1.14 bits per heavy atom. The van der Waals surface area contributed by atoms with E-state index in [-0.39, 0.29) is 23.6 Å². The van der Waals surface area contributed by atoms with Gasteiger partial charge < -0.3 is 5.32 Å². The Morgan fingerprint density at radius 2 is 1.77 bits per heavy atom. The van der Waals surface area contributed by atoms with Crippen LogP contribution in [0.5, 0.6) is 0 Å². The highest BCUT2D eigenvalue weighted by Gasteiger charge is 2.33. The molecule has 6 heteroatoms. The fourth-order valence-electron chi connectivity index (χ4n) is 3.67. The summed E-state index contributed by atoms with van der Waals surface area (Å²) in [7, 11) is -3.11. The number of sulfonamides is 1. The average Bonchev–Trinajstić information content (AvgIpc) is 2.52. The van der Waals surface area contributed by atoms with E-state index in [2.05, 4.69) is 19.2 Å². The predicted molar refractivity (Wildman–Crippen MR) is 87.9 cm³/mol. The topological polar surface area (TPSA) is 66.5 Å². The number of carbonyl (C=O) groups excluding carboxylic acids is 1. The van der Waals surface area contributed by atoms with E-state index in [0.29, 0.717) is 37.8 Å². The third kappa shape index (κ3) is 4.02. The third-order valence-corrected chi connectivity index (χ3v) is 7.50. The maximum Gasteiger partial charge on any atom is 0.223 e. The van der Waals surface area contributed by atoms with E-state index in [9.17, 15) is 13.2 Å². The molecule has 1 saturated carbocycles. The monoisotopic (exact) mass is 330 g/mol. The van der Waals surface area contributed by atoms with Crippen LogP contribution in [0.1, 0.15) is 52.9 Å². The molecule has 1 aliphatic carbocycles. The van der Waals surface area contributed by atoms with Crippen LogP contribution in [-0.2, 0) is 14.8 Å². The number of rotatable bonds is 4. The largest absolute Gasteiger partial charge is 0.353 e. The molecule has 2 aliphatic rings. The van der Waals surface area contributed by atoms with Crippen molar-refractivity contribution in [2.75, 3.05) is 18.8 Å². The smallest absolute Gasteiger partial charge is 0.223 e. The lowest BCUT2D eigenvalue weighted by molar-refractivity contribution is -0.127. The van der Waals surface area contributed by atoms with Crippen LogP contribution in [0.25, 0.3) is 0 Å². The molecule has 0 bridgehead atoms. The summed E-state index contributed by atoms with van der Waals surface area (Å²) in [5.41, 5.74) is 0. The van der Waals surface area contributed by atoms with Crippen molar-refractivity contribution in [3.8, 4) is 0 Å². The SMILES string of the molecule is CCS(=O)(=O)N1CCC(C(=O)NC2CCCC(C)C2C)CC1. The van der Waals surface area contributed by atoms with Gasteiger partial charge in [0, 0.05) is 25.0 Å². The standard InChI is InChI=1S/C16H30N2O3S/c1-4-22(20,21)18-10-8-14(9-11-18)16(19)17-15-7-5-6-12(2)13(15)3/h12-15H,4-11H2,1-3H3,(H,17,19). The van der Waals surface area contributed by atoms with Gasteiger partial charge in [-0.2, -0.15) is 0 Å². The van der Waals surface area contributed by atoms with Gasteiger partial charge in [0.1, 0.15) is 0 Å².